The molecule has 2 rings (SSSR count). The first-order valence-electron chi connectivity index (χ1n) is 7.32. The van der Waals surface area contributed by atoms with Crippen molar-refractivity contribution in [3.8, 4) is 0 Å². The van der Waals surface area contributed by atoms with Crippen molar-refractivity contribution in [2.24, 2.45) is 0 Å². The number of unbranched alkanes of at least 4 members (excludes halogenated alkanes) is 1. The molecule has 0 spiro atoms. The molecule has 1 aromatic heterocycles. The van der Waals surface area contributed by atoms with Crippen LogP contribution in [0.15, 0.2) is 9.95 Å². The Morgan fingerprint density at radius 1 is 1.48 bits per heavy atom. The van der Waals surface area contributed by atoms with Gasteiger partial charge in [0, 0.05) is 19.6 Å². The average Bonchev–Trinajstić information content (AvgIpc) is 2.85. The summed E-state index contributed by atoms with van der Waals surface area (Å²) in [6, 6.07) is 0. The third-order valence-corrected chi connectivity index (χ3v) is 4.49. The zero-order valence-electron chi connectivity index (χ0n) is 12.5. The molecule has 1 aliphatic rings. The topological polar surface area (TPSA) is 80.2 Å². The van der Waals surface area contributed by atoms with Crippen LogP contribution in [0.4, 0.5) is 0 Å². The third kappa shape index (κ3) is 4.10. The van der Waals surface area contributed by atoms with Crippen LogP contribution < -0.4 is 5.69 Å². The van der Waals surface area contributed by atoms with Crippen LogP contribution in [-0.2, 0) is 16.1 Å². The maximum Gasteiger partial charge on any atom is 0.343 e. The van der Waals surface area contributed by atoms with Gasteiger partial charge in [0.2, 0.25) is 5.91 Å². The summed E-state index contributed by atoms with van der Waals surface area (Å²) in [5.74, 6) is 0.0702. The molecule has 118 valence electrons. The van der Waals surface area contributed by atoms with E-state index in [9.17, 15) is 9.59 Å². The minimum absolute atomic E-state index is 0.0702. The molecule has 21 heavy (non-hydrogen) atoms. The predicted octanol–water partition coefficient (Wildman–Crippen LogP) is 0.711. The molecule has 1 unspecified atom stereocenters. The minimum atomic E-state index is -0.265. The van der Waals surface area contributed by atoms with Crippen LogP contribution >= 0.6 is 11.8 Å². The van der Waals surface area contributed by atoms with E-state index in [4.69, 9.17) is 4.74 Å². The molecule has 2 heterocycles. The number of H-pyrrole nitrogens is 1. The van der Waals surface area contributed by atoms with E-state index in [0.717, 1.165) is 12.8 Å². The second-order valence-corrected chi connectivity index (χ2v) is 6.32. The van der Waals surface area contributed by atoms with Gasteiger partial charge >= 0.3 is 5.69 Å². The number of amides is 1. The quantitative estimate of drug-likeness (QED) is 0.782. The van der Waals surface area contributed by atoms with E-state index >= 15 is 0 Å². The highest BCUT2D eigenvalue weighted by Crippen LogP contribution is 2.22. The van der Waals surface area contributed by atoms with Gasteiger partial charge in [-0.1, -0.05) is 25.1 Å². The molecule has 1 fully saturated rings. The first kappa shape index (κ1) is 16.1. The number of ether oxygens (including phenoxy) is 1. The van der Waals surface area contributed by atoms with Crippen molar-refractivity contribution in [3.63, 3.8) is 0 Å². The van der Waals surface area contributed by atoms with Crippen LogP contribution in [-0.4, -0.2) is 57.1 Å². The molecule has 0 aliphatic carbocycles. The molecule has 8 heteroatoms. The van der Waals surface area contributed by atoms with E-state index in [1.54, 1.807) is 4.57 Å². The Hall–Kier alpha value is -1.28. The number of nitrogens with one attached hydrogen (secondary N) is 1. The molecule has 1 aromatic rings. The van der Waals surface area contributed by atoms with Crippen LogP contribution in [0, 0.1) is 0 Å². The zero-order chi connectivity index (χ0) is 15.2. The van der Waals surface area contributed by atoms with E-state index in [1.165, 1.54) is 11.8 Å². The molecule has 0 aromatic carbocycles. The number of morpholine rings is 1. The largest absolute Gasteiger partial charge is 0.378 e. The summed E-state index contributed by atoms with van der Waals surface area (Å²) in [6.07, 6.45) is 1.92. The summed E-state index contributed by atoms with van der Waals surface area (Å²) in [5.41, 5.74) is -0.211. The lowest BCUT2D eigenvalue weighted by atomic mass is 10.3. The summed E-state index contributed by atoms with van der Waals surface area (Å²) in [7, 11) is 0. The van der Waals surface area contributed by atoms with Crippen molar-refractivity contribution >= 4 is 17.7 Å². The van der Waals surface area contributed by atoms with Gasteiger partial charge in [0.05, 0.1) is 18.5 Å². The van der Waals surface area contributed by atoms with E-state index in [1.807, 2.05) is 11.8 Å². The molecule has 1 aliphatic heterocycles. The maximum atomic E-state index is 12.4. The Morgan fingerprint density at radius 3 is 2.86 bits per heavy atom. The lowest BCUT2D eigenvalue weighted by Crippen LogP contribution is -2.44. The average molecular weight is 314 g/mol. The van der Waals surface area contributed by atoms with Gasteiger partial charge in [-0.05, 0) is 13.3 Å². The van der Waals surface area contributed by atoms with Crippen molar-refractivity contribution in [2.45, 2.75) is 43.6 Å². The molecule has 1 saturated heterocycles. The number of carbonyl (C=O) groups is 1. The molecule has 1 N–H and O–H groups in total. The minimum Gasteiger partial charge on any atom is -0.378 e. The second kappa shape index (κ2) is 7.65. The highest BCUT2D eigenvalue weighted by atomic mass is 32.2. The Labute approximate surface area is 128 Å². The van der Waals surface area contributed by atoms with E-state index < -0.39 is 0 Å². The zero-order valence-corrected chi connectivity index (χ0v) is 13.3. The lowest BCUT2D eigenvalue weighted by Gasteiger charge is -2.28. The monoisotopic (exact) mass is 314 g/mol. The fourth-order valence-corrected chi connectivity index (χ4v) is 3.12. The highest BCUT2D eigenvalue weighted by Gasteiger charge is 2.25. The van der Waals surface area contributed by atoms with Crippen LogP contribution in [0.25, 0.3) is 0 Å². The van der Waals surface area contributed by atoms with Crippen molar-refractivity contribution in [2.75, 3.05) is 26.3 Å². The summed E-state index contributed by atoms with van der Waals surface area (Å²) in [4.78, 5) is 25.9. The molecule has 0 bridgehead atoms. The SMILES string of the molecule is CCCCn1c(SC(C)C(=O)N2CCOCC2)n[nH]c1=O. The van der Waals surface area contributed by atoms with E-state index in [2.05, 4.69) is 17.1 Å². The predicted molar refractivity (Wildman–Crippen MR) is 80.5 cm³/mol. The highest BCUT2D eigenvalue weighted by molar-refractivity contribution is 8.00. The number of carbonyl (C=O) groups excluding carboxylic acids is 1. The van der Waals surface area contributed by atoms with Gasteiger partial charge in [0.1, 0.15) is 0 Å². The normalized spacial score (nSPS) is 17.0. The molecule has 7 nitrogen and oxygen atoms in total. The molecule has 1 amide bonds. The molecular formula is C13H22N4O3S. The Kier molecular flexibility index (Phi) is 5.86. The Morgan fingerprint density at radius 2 is 2.19 bits per heavy atom. The van der Waals surface area contributed by atoms with E-state index in [0.29, 0.717) is 38.0 Å². The van der Waals surface area contributed by atoms with Gasteiger partial charge in [-0.3, -0.25) is 9.36 Å². The standard InChI is InChI=1S/C13H22N4O3S/c1-3-4-5-17-12(19)14-15-13(17)21-10(2)11(18)16-6-8-20-9-7-16/h10H,3-9H2,1-2H3,(H,14,19). The molecule has 0 radical (unpaired) electrons. The third-order valence-electron chi connectivity index (χ3n) is 3.41. The van der Waals surface area contributed by atoms with Crippen LogP contribution in [0.2, 0.25) is 0 Å². The summed E-state index contributed by atoms with van der Waals surface area (Å²) in [5, 5.41) is 6.81. The molecule has 1 atom stereocenters. The number of aromatic nitrogens is 3. The first-order valence-corrected chi connectivity index (χ1v) is 8.19. The fourth-order valence-electron chi connectivity index (χ4n) is 2.16. The number of aromatic amines is 1. The van der Waals surface area contributed by atoms with Crippen LogP contribution in [0.5, 0.6) is 0 Å². The lowest BCUT2D eigenvalue weighted by molar-refractivity contribution is -0.134. The number of hydrogen-bond acceptors (Lipinski definition) is 5. The van der Waals surface area contributed by atoms with Crippen molar-refractivity contribution in [3.05, 3.63) is 10.5 Å². The van der Waals surface area contributed by atoms with Crippen molar-refractivity contribution in [1.82, 2.24) is 19.7 Å². The number of nitrogens with zero attached hydrogens (tertiary/aromatic N) is 3. The Bertz CT molecular complexity index is 522. The smallest absolute Gasteiger partial charge is 0.343 e. The summed E-state index contributed by atoms with van der Waals surface area (Å²) < 4.78 is 6.86. The van der Waals surface area contributed by atoms with Gasteiger partial charge < -0.3 is 9.64 Å². The molecule has 0 saturated carbocycles. The van der Waals surface area contributed by atoms with Crippen molar-refractivity contribution in [1.29, 1.82) is 0 Å². The fraction of sp³-hybridized carbons (Fsp3) is 0.769. The Balaban J connectivity index is 2.00. The van der Waals surface area contributed by atoms with Gasteiger partial charge in [-0.2, -0.15) is 0 Å². The van der Waals surface area contributed by atoms with Crippen molar-refractivity contribution < 1.29 is 9.53 Å². The second-order valence-electron chi connectivity index (χ2n) is 5.01. The van der Waals surface area contributed by atoms with Gasteiger partial charge in [0.25, 0.3) is 0 Å². The number of hydrogen-bond donors (Lipinski definition) is 1. The van der Waals surface area contributed by atoms with Gasteiger partial charge in [-0.25, -0.2) is 9.89 Å². The van der Waals surface area contributed by atoms with Crippen LogP contribution in [0.3, 0.4) is 0 Å². The van der Waals surface area contributed by atoms with Gasteiger partial charge in [0.15, 0.2) is 5.16 Å². The summed E-state index contributed by atoms with van der Waals surface area (Å²) in [6.45, 7) is 7.00. The van der Waals surface area contributed by atoms with Crippen LogP contribution in [0.1, 0.15) is 26.7 Å². The molecular weight excluding hydrogens is 292 g/mol. The first-order chi connectivity index (χ1) is 10.1. The number of rotatable bonds is 6. The maximum absolute atomic E-state index is 12.4. The summed E-state index contributed by atoms with van der Waals surface area (Å²) >= 11 is 1.33. The van der Waals surface area contributed by atoms with E-state index in [-0.39, 0.29) is 16.8 Å². The van der Waals surface area contributed by atoms with Gasteiger partial charge in [-0.15, -0.1) is 5.10 Å². The number of thioether (sulfide) groups is 1.